The highest BCUT2D eigenvalue weighted by Gasteiger charge is 2.01. The van der Waals surface area contributed by atoms with E-state index >= 15 is 0 Å². The molecule has 0 aliphatic heterocycles. The lowest BCUT2D eigenvalue weighted by Crippen LogP contribution is -2.05. The minimum absolute atomic E-state index is 0.809. The SMILES string of the molecule is CCCCCCCCCCC(C)SCCN. The largest absolute Gasteiger partial charge is 0.330 e. The van der Waals surface area contributed by atoms with Crippen molar-refractivity contribution in [1.82, 2.24) is 0 Å². The second kappa shape index (κ2) is 13.4. The van der Waals surface area contributed by atoms with E-state index in [4.69, 9.17) is 5.73 Å². The standard InChI is InChI=1S/C14H31NS/c1-3-4-5-6-7-8-9-10-11-14(2)16-13-12-15/h14H,3-13,15H2,1-2H3. The Morgan fingerprint density at radius 2 is 1.50 bits per heavy atom. The first-order valence-electron chi connectivity index (χ1n) is 7.13. The summed E-state index contributed by atoms with van der Waals surface area (Å²) in [6.07, 6.45) is 12.8. The highest BCUT2D eigenvalue weighted by Crippen LogP contribution is 2.17. The number of unbranched alkanes of at least 4 members (excludes halogenated alkanes) is 7. The summed E-state index contributed by atoms with van der Waals surface area (Å²) in [7, 11) is 0. The van der Waals surface area contributed by atoms with Gasteiger partial charge in [0.05, 0.1) is 0 Å². The van der Waals surface area contributed by atoms with Crippen LogP contribution in [0.15, 0.2) is 0 Å². The second-order valence-electron chi connectivity index (χ2n) is 4.73. The van der Waals surface area contributed by atoms with Crippen LogP contribution in [0.5, 0.6) is 0 Å². The van der Waals surface area contributed by atoms with Crippen LogP contribution in [0.25, 0.3) is 0 Å². The van der Waals surface area contributed by atoms with E-state index in [-0.39, 0.29) is 0 Å². The zero-order valence-electron chi connectivity index (χ0n) is 11.3. The molecule has 0 amide bonds. The van der Waals surface area contributed by atoms with E-state index in [2.05, 4.69) is 13.8 Å². The van der Waals surface area contributed by atoms with Crippen molar-refractivity contribution < 1.29 is 0 Å². The Morgan fingerprint density at radius 1 is 0.938 bits per heavy atom. The molecule has 0 aliphatic rings. The van der Waals surface area contributed by atoms with E-state index < -0.39 is 0 Å². The van der Waals surface area contributed by atoms with Crippen LogP contribution in [0.2, 0.25) is 0 Å². The number of thioether (sulfide) groups is 1. The van der Waals surface area contributed by atoms with Gasteiger partial charge in [0.15, 0.2) is 0 Å². The monoisotopic (exact) mass is 245 g/mol. The van der Waals surface area contributed by atoms with Crippen molar-refractivity contribution >= 4 is 11.8 Å². The number of nitrogens with two attached hydrogens (primary N) is 1. The van der Waals surface area contributed by atoms with Gasteiger partial charge in [-0.15, -0.1) is 0 Å². The van der Waals surface area contributed by atoms with Gasteiger partial charge in [0, 0.05) is 17.5 Å². The highest BCUT2D eigenvalue weighted by atomic mass is 32.2. The van der Waals surface area contributed by atoms with E-state index in [9.17, 15) is 0 Å². The molecule has 2 heteroatoms. The van der Waals surface area contributed by atoms with Crippen molar-refractivity contribution in [2.45, 2.75) is 76.9 Å². The minimum Gasteiger partial charge on any atom is -0.330 e. The van der Waals surface area contributed by atoms with Gasteiger partial charge in [0.2, 0.25) is 0 Å². The minimum atomic E-state index is 0.809. The van der Waals surface area contributed by atoms with E-state index in [1.165, 1.54) is 57.8 Å². The summed E-state index contributed by atoms with van der Waals surface area (Å²) in [5.41, 5.74) is 5.49. The van der Waals surface area contributed by atoms with Gasteiger partial charge < -0.3 is 5.73 Å². The van der Waals surface area contributed by atoms with Gasteiger partial charge >= 0.3 is 0 Å². The molecular formula is C14H31NS. The fraction of sp³-hybridized carbons (Fsp3) is 1.00. The van der Waals surface area contributed by atoms with Crippen LogP contribution >= 0.6 is 11.8 Å². The van der Waals surface area contributed by atoms with Crippen LogP contribution in [-0.2, 0) is 0 Å². The maximum atomic E-state index is 5.49. The Kier molecular flexibility index (Phi) is 13.6. The molecule has 16 heavy (non-hydrogen) atoms. The van der Waals surface area contributed by atoms with E-state index in [1.807, 2.05) is 11.8 Å². The number of hydrogen-bond acceptors (Lipinski definition) is 2. The third-order valence-corrected chi connectivity index (χ3v) is 4.26. The lowest BCUT2D eigenvalue weighted by molar-refractivity contribution is 0.564. The van der Waals surface area contributed by atoms with Gasteiger partial charge in [0.25, 0.3) is 0 Å². The lowest BCUT2D eigenvalue weighted by atomic mass is 10.1. The van der Waals surface area contributed by atoms with Crippen LogP contribution in [0.1, 0.15) is 71.6 Å². The molecule has 0 aromatic rings. The maximum Gasteiger partial charge on any atom is 0.00585 e. The average molecular weight is 245 g/mol. The van der Waals surface area contributed by atoms with Crippen molar-refractivity contribution in [2.24, 2.45) is 5.73 Å². The number of rotatable bonds is 12. The quantitative estimate of drug-likeness (QED) is 0.509. The smallest absolute Gasteiger partial charge is 0.00585 e. The Balaban J connectivity index is 3.02. The fourth-order valence-electron chi connectivity index (χ4n) is 1.92. The predicted octanol–water partition coefficient (Wildman–Crippen LogP) is 4.60. The third kappa shape index (κ3) is 12.4. The Bertz CT molecular complexity index is 128. The maximum absolute atomic E-state index is 5.49. The van der Waals surface area contributed by atoms with Crippen molar-refractivity contribution in [1.29, 1.82) is 0 Å². The van der Waals surface area contributed by atoms with Gasteiger partial charge in [-0.25, -0.2) is 0 Å². The molecule has 0 aliphatic carbocycles. The summed E-state index contributed by atoms with van der Waals surface area (Å²) in [4.78, 5) is 0. The molecule has 0 rings (SSSR count). The van der Waals surface area contributed by atoms with Crippen LogP contribution in [0.4, 0.5) is 0 Å². The molecule has 0 aromatic carbocycles. The average Bonchev–Trinajstić information content (AvgIpc) is 2.30. The molecule has 98 valence electrons. The molecule has 2 N–H and O–H groups in total. The molecule has 0 heterocycles. The summed E-state index contributed by atoms with van der Waals surface area (Å²) in [5.74, 6) is 1.12. The summed E-state index contributed by atoms with van der Waals surface area (Å²) < 4.78 is 0. The first-order valence-corrected chi connectivity index (χ1v) is 8.17. The zero-order valence-corrected chi connectivity index (χ0v) is 12.2. The Labute approximate surface area is 107 Å². The molecule has 0 saturated heterocycles. The first-order chi connectivity index (χ1) is 7.81. The van der Waals surface area contributed by atoms with Gasteiger partial charge in [-0.05, 0) is 6.42 Å². The van der Waals surface area contributed by atoms with Crippen molar-refractivity contribution in [3.8, 4) is 0 Å². The molecule has 0 radical (unpaired) electrons. The highest BCUT2D eigenvalue weighted by molar-refractivity contribution is 7.99. The van der Waals surface area contributed by atoms with Gasteiger partial charge in [-0.2, -0.15) is 11.8 Å². The third-order valence-electron chi connectivity index (χ3n) is 2.98. The lowest BCUT2D eigenvalue weighted by Gasteiger charge is -2.09. The van der Waals surface area contributed by atoms with Crippen molar-refractivity contribution in [2.75, 3.05) is 12.3 Å². The molecule has 0 spiro atoms. The van der Waals surface area contributed by atoms with E-state index in [1.54, 1.807) is 0 Å². The molecule has 0 fully saturated rings. The number of hydrogen-bond donors (Lipinski definition) is 1. The van der Waals surface area contributed by atoms with Crippen LogP contribution < -0.4 is 5.73 Å². The Hall–Kier alpha value is 0.310. The van der Waals surface area contributed by atoms with Gasteiger partial charge in [-0.3, -0.25) is 0 Å². The molecule has 0 bridgehead atoms. The van der Waals surface area contributed by atoms with Crippen molar-refractivity contribution in [3.05, 3.63) is 0 Å². The van der Waals surface area contributed by atoms with Crippen LogP contribution in [0, 0.1) is 0 Å². The van der Waals surface area contributed by atoms with E-state index in [0.717, 1.165) is 17.5 Å². The first kappa shape index (κ1) is 16.3. The zero-order chi connectivity index (χ0) is 12.1. The summed E-state index contributed by atoms with van der Waals surface area (Å²) in [5, 5.41) is 0.809. The molecule has 1 nitrogen and oxygen atoms in total. The van der Waals surface area contributed by atoms with Crippen LogP contribution in [0.3, 0.4) is 0 Å². The summed E-state index contributed by atoms with van der Waals surface area (Å²) in [6, 6.07) is 0. The van der Waals surface area contributed by atoms with Crippen molar-refractivity contribution in [3.63, 3.8) is 0 Å². The summed E-state index contributed by atoms with van der Waals surface area (Å²) in [6.45, 7) is 5.44. The van der Waals surface area contributed by atoms with E-state index in [0.29, 0.717) is 0 Å². The molecule has 0 aromatic heterocycles. The molecule has 0 saturated carbocycles. The van der Waals surface area contributed by atoms with Crippen LogP contribution in [-0.4, -0.2) is 17.5 Å². The van der Waals surface area contributed by atoms with Gasteiger partial charge in [-0.1, -0.05) is 65.2 Å². The Morgan fingerprint density at radius 3 is 2.06 bits per heavy atom. The molecule has 1 unspecified atom stereocenters. The fourth-order valence-corrected chi connectivity index (χ4v) is 2.79. The molecular weight excluding hydrogens is 214 g/mol. The molecule has 1 atom stereocenters. The normalized spacial score (nSPS) is 12.9. The second-order valence-corrected chi connectivity index (χ2v) is 6.28. The van der Waals surface area contributed by atoms with Gasteiger partial charge in [0.1, 0.15) is 0 Å². The predicted molar refractivity (Wildman–Crippen MR) is 78.2 cm³/mol. The summed E-state index contributed by atoms with van der Waals surface area (Å²) >= 11 is 2.03. The topological polar surface area (TPSA) is 26.0 Å².